The molecule has 0 saturated carbocycles. The van der Waals surface area contributed by atoms with Crippen LogP contribution in [0.1, 0.15) is 26.3 Å². The van der Waals surface area contributed by atoms with Crippen molar-refractivity contribution in [3.8, 4) is 5.69 Å². The minimum atomic E-state index is 0.156. The third-order valence-corrected chi connectivity index (χ3v) is 2.36. The first-order valence-corrected chi connectivity index (χ1v) is 5.04. The topological polar surface area (TPSA) is 30.7 Å². The quantitative estimate of drug-likeness (QED) is 0.710. The molecule has 0 fully saturated rings. The number of hydrogen-bond donors (Lipinski definition) is 0. The molecule has 0 spiro atoms. The van der Waals surface area contributed by atoms with Crippen LogP contribution in [0.25, 0.3) is 5.69 Å². The fourth-order valence-corrected chi connectivity index (χ4v) is 1.45. The first-order valence-electron chi connectivity index (χ1n) is 5.04. The largest absolute Gasteiger partial charge is 0.157 e. The van der Waals surface area contributed by atoms with Gasteiger partial charge in [-0.1, -0.05) is 32.9 Å². The number of hydrogen-bond acceptors (Lipinski definition) is 2. The van der Waals surface area contributed by atoms with Crippen LogP contribution in [0.3, 0.4) is 0 Å². The highest BCUT2D eigenvalue weighted by atomic mass is 15.5. The standard InChI is InChI=1S/C12H15N3/c1-12(2,3)10-5-4-6-11(9-10)15-13-7-8-14-15/h4-9H,1-3H3. The molecule has 3 nitrogen and oxygen atoms in total. The smallest absolute Gasteiger partial charge is 0.0859 e. The lowest BCUT2D eigenvalue weighted by molar-refractivity contribution is 0.588. The average molecular weight is 201 g/mol. The Morgan fingerprint density at radius 1 is 1.07 bits per heavy atom. The molecule has 0 unspecified atom stereocenters. The van der Waals surface area contributed by atoms with Crippen LogP contribution in [-0.4, -0.2) is 15.0 Å². The van der Waals surface area contributed by atoms with Gasteiger partial charge in [-0.15, -0.1) is 0 Å². The number of rotatable bonds is 1. The van der Waals surface area contributed by atoms with Gasteiger partial charge in [0.05, 0.1) is 18.1 Å². The molecule has 0 bridgehead atoms. The van der Waals surface area contributed by atoms with Crippen LogP contribution in [0, 0.1) is 0 Å². The van der Waals surface area contributed by atoms with Crippen LogP contribution in [0.2, 0.25) is 0 Å². The third-order valence-electron chi connectivity index (χ3n) is 2.36. The van der Waals surface area contributed by atoms with E-state index in [4.69, 9.17) is 0 Å². The Labute approximate surface area is 89.7 Å². The minimum absolute atomic E-state index is 0.156. The van der Waals surface area contributed by atoms with Gasteiger partial charge >= 0.3 is 0 Å². The van der Waals surface area contributed by atoms with E-state index in [1.165, 1.54) is 5.56 Å². The van der Waals surface area contributed by atoms with Gasteiger partial charge in [0.1, 0.15) is 0 Å². The Morgan fingerprint density at radius 2 is 1.73 bits per heavy atom. The van der Waals surface area contributed by atoms with E-state index in [0.717, 1.165) is 5.69 Å². The summed E-state index contributed by atoms with van der Waals surface area (Å²) in [6.45, 7) is 6.59. The molecule has 0 N–H and O–H groups in total. The molecule has 0 aliphatic rings. The van der Waals surface area contributed by atoms with Crippen molar-refractivity contribution in [3.63, 3.8) is 0 Å². The summed E-state index contributed by atoms with van der Waals surface area (Å²) in [6.07, 6.45) is 3.37. The summed E-state index contributed by atoms with van der Waals surface area (Å²) >= 11 is 0. The summed E-state index contributed by atoms with van der Waals surface area (Å²) in [5.41, 5.74) is 2.45. The van der Waals surface area contributed by atoms with Gasteiger partial charge in [0.25, 0.3) is 0 Å². The van der Waals surface area contributed by atoms with E-state index in [2.05, 4.69) is 43.1 Å². The Morgan fingerprint density at radius 3 is 2.33 bits per heavy atom. The van der Waals surface area contributed by atoms with E-state index in [0.29, 0.717) is 0 Å². The van der Waals surface area contributed by atoms with Crippen LogP contribution in [0.4, 0.5) is 0 Å². The fourth-order valence-electron chi connectivity index (χ4n) is 1.45. The molecule has 0 saturated heterocycles. The van der Waals surface area contributed by atoms with E-state index in [1.807, 2.05) is 12.1 Å². The Kier molecular flexibility index (Phi) is 2.31. The van der Waals surface area contributed by atoms with Crippen LogP contribution < -0.4 is 0 Å². The second-order valence-electron chi connectivity index (χ2n) is 4.62. The predicted octanol–water partition coefficient (Wildman–Crippen LogP) is 2.56. The zero-order valence-corrected chi connectivity index (χ0v) is 9.31. The molecule has 0 aliphatic carbocycles. The van der Waals surface area contributed by atoms with E-state index in [1.54, 1.807) is 17.2 Å². The van der Waals surface area contributed by atoms with Crippen molar-refractivity contribution < 1.29 is 0 Å². The highest BCUT2D eigenvalue weighted by Gasteiger charge is 2.14. The van der Waals surface area contributed by atoms with Gasteiger partial charge in [0, 0.05) is 0 Å². The van der Waals surface area contributed by atoms with Crippen molar-refractivity contribution in [1.82, 2.24) is 15.0 Å². The zero-order valence-electron chi connectivity index (χ0n) is 9.31. The highest BCUT2D eigenvalue weighted by Crippen LogP contribution is 2.23. The summed E-state index contributed by atoms with van der Waals surface area (Å²) < 4.78 is 0. The highest BCUT2D eigenvalue weighted by molar-refractivity contribution is 5.36. The van der Waals surface area contributed by atoms with Crippen molar-refractivity contribution >= 4 is 0 Å². The minimum Gasteiger partial charge on any atom is -0.157 e. The predicted molar refractivity (Wildman–Crippen MR) is 60.1 cm³/mol. The SMILES string of the molecule is CC(C)(C)c1cccc(-n2nccn2)c1. The van der Waals surface area contributed by atoms with Gasteiger partial charge < -0.3 is 0 Å². The molecule has 78 valence electrons. The summed E-state index contributed by atoms with van der Waals surface area (Å²) in [7, 11) is 0. The molecular weight excluding hydrogens is 186 g/mol. The Bertz CT molecular complexity index is 438. The van der Waals surface area contributed by atoms with Crippen molar-refractivity contribution in [3.05, 3.63) is 42.2 Å². The summed E-state index contributed by atoms with van der Waals surface area (Å²) in [5, 5.41) is 8.23. The summed E-state index contributed by atoms with van der Waals surface area (Å²) in [5.74, 6) is 0. The van der Waals surface area contributed by atoms with E-state index in [9.17, 15) is 0 Å². The van der Waals surface area contributed by atoms with Crippen LogP contribution in [0.15, 0.2) is 36.7 Å². The molecule has 15 heavy (non-hydrogen) atoms. The molecule has 0 atom stereocenters. The first kappa shape index (κ1) is 9.90. The molecule has 2 rings (SSSR count). The summed E-state index contributed by atoms with van der Waals surface area (Å²) in [4.78, 5) is 1.63. The van der Waals surface area contributed by atoms with Crippen molar-refractivity contribution in [2.75, 3.05) is 0 Å². The van der Waals surface area contributed by atoms with Crippen molar-refractivity contribution in [1.29, 1.82) is 0 Å². The van der Waals surface area contributed by atoms with Crippen molar-refractivity contribution in [2.24, 2.45) is 0 Å². The fraction of sp³-hybridized carbons (Fsp3) is 0.333. The third kappa shape index (κ3) is 2.06. The van der Waals surface area contributed by atoms with E-state index in [-0.39, 0.29) is 5.41 Å². The lowest BCUT2D eigenvalue weighted by atomic mass is 9.87. The zero-order chi connectivity index (χ0) is 10.9. The molecule has 1 aromatic carbocycles. The van der Waals surface area contributed by atoms with Crippen molar-refractivity contribution in [2.45, 2.75) is 26.2 Å². The molecule has 0 amide bonds. The molecule has 0 radical (unpaired) electrons. The molecule has 3 heteroatoms. The molecule has 1 heterocycles. The lowest BCUT2D eigenvalue weighted by Crippen LogP contribution is -2.11. The summed E-state index contributed by atoms with van der Waals surface area (Å²) in [6, 6.07) is 8.31. The van der Waals surface area contributed by atoms with Gasteiger partial charge in [-0.3, -0.25) is 0 Å². The number of aromatic nitrogens is 3. The molecule has 1 aromatic heterocycles. The van der Waals surface area contributed by atoms with Gasteiger partial charge in [0.2, 0.25) is 0 Å². The lowest BCUT2D eigenvalue weighted by Gasteiger charge is -2.19. The van der Waals surface area contributed by atoms with Crippen LogP contribution >= 0.6 is 0 Å². The van der Waals surface area contributed by atoms with Gasteiger partial charge in [-0.2, -0.15) is 15.0 Å². The Hall–Kier alpha value is -1.64. The monoisotopic (exact) mass is 201 g/mol. The van der Waals surface area contributed by atoms with E-state index >= 15 is 0 Å². The average Bonchev–Trinajstić information content (AvgIpc) is 2.69. The van der Waals surface area contributed by atoms with Gasteiger partial charge in [-0.25, -0.2) is 0 Å². The van der Waals surface area contributed by atoms with Crippen LogP contribution in [0.5, 0.6) is 0 Å². The normalized spacial score (nSPS) is 11.7. The van der Waals surface area contributed by atoms with Crippen LogP contribution in [-0.2, 0) is 5.41 Å². The molecular formula is C12H15N3. The maximum absolute atomic E-state index is 4.12. The Balaban J connectivity index is 2.44. The number of benzene rings is 1. The van der Waals surface area contributed by atoms with E-state index < -0.39 is 0 Å². The first-order chi connectivity index (χ1) is 7.07. The molecule has 2 aromatic rings. The van der Waals surface area contributed by atoms with Gasteiger partial charge in [-0.05, 0) is 23.1 Å². The molecule has 0 aliphatic heterocycles. The second-order valence-corrected chi connectivity index (χ2v) is 4.62. The second kappa shape index (κ2) is 3.50. The van der Waals surface area contributed by atoms with Gasteiger partial charge in [0.15, 0.2) is 0 Å². The maximum atomic E-state index is 4.12. The number of nitrogens with zero attached hydrogens (tertiary/aromatic N) is 3. The maximum Gasteiger partial charge on any atom is 0.0859 e.